The molecule has 1 aromatic heterocycles. The molecule has 0 saturated carbocycles. The van der Waals surface area contributed by atoms with Crippen molar-refractivity contribution in [2.75, 3.05) is 6.61 Å². The van der Waals surface area contributed by atoms with Crippen molar-refractivity contribution in [3.63, 3.8) is 0 Å². The maximum Gasteiger partial charge on any atom is 0.336 e. The van der Waals surface area contributed by atoms with Crippen LogP contribution in [0.5, 0.6) is 11.5 Å². The zero-order valence-corrected chi connectivity index (χ0v) is 8.30. The Morgan fingerprint density at radius 1 is 1.12 bits per heavy atom. The number of aromatic hydroxyl groups is 2. The van der Waals surface area contributed by atoms with Crippen LogP contribution >= 0.6 is 0 Å². The first-order valence-corrected chi connectivity index (χ1v) is 4.71. The minimum Gasteiger partial charge on any atom is -0.504 e. The fourth-order valence-electron chi connectivity index (χ4n) is 1.58. The van der Waals surface area contributed by atoms with Crippen LogP contribution < -0.4 is 5.63 Å². The predicted molar refractivity (Wildman–Crippen MR) is 56.6 cm³/mol. The fraction of sp³-hybridized carbons (Fsp3) is 0.182. The van der Waals surface area contributed by atoms with E-state index in [1.807, 2.05) is 0 Å². The number of aliphatic hydroxyl groups excluding tert-OH is 1. The van der Waals surface area contributed by atoms with Crippen molar-refractivity contribution in [2.45, 2.75) is 6.42 Å². The second-order valence-electron chi connectivity index (χ2n) is 3.40. The lowest BCUT2D eigenvalue weighted by atomic mass is 10.1. The second kappa shape index (κ2) is 3.86. The normalized spacial score (nSPS) is 10.8. The lowest BCUT2D eigenvalue weighted by Gasteiger charge is -2.05. The van der Waals surface area contributed by atoms with Gasteiger partial charge in [-0.1, -0.05) is 0 Å². The van der Waals surface area contributed by atoms with Gasteiger partial charge in [-0.15, -0.1) is 0 Å². The minimum absolute atomic E-state index is 0.111. The molecule has 16 heavy (non-hydrogen) atoms. The largest absolute Gasteiger partial charge is 0.504 e. The van der Waals surface area contributed by atoms with Gasteiger partial charge in [0, 0.05) is 24.1 Å². The van der Waals surface area contributed by atoms with E-state index in [2.05, 4.69) is 0 Å². The number of phenols is 2. The lowest BCUT2D eigenvalue weighted by Crippen LogP contribution is -2.02. The number of benzene rings is 1. The summed E-state index contributed by atoms with van der Waals surface area (Å²) < 4.78 is 4.88. The topological polar surface area (TPSA) is 90.9 Å². The van der Waals surface area contributed by atoms with Crippen LogP contribution in [-0.4, -0.2) is 21.9 Å². The summed E-state index contributed by atoms with van der Waals surface area (Å²) in [4.78, 5) is 11.2. The van der Waals surface area contributed by atoms with E-state index in [-0.39, 0.29) is 30.1 Å². The van der Waals surface area contributed by atoms with Gasteiger partial charge in [0.15, 0.2) is 11.5 Å². The number of phenolic OH excluding ortho intramolecular Hbond substituents is 2. The third kappa shape index (κ3) is 1.72. The monoisotopic (exact) mass is 222 g/mol. The maximum absolute atomic E-state index is 11.2. The van der Waals surface area contributed by atoms with Crippen LogP contribution in [0.3, 0.4) is 0 Å². The molecule has 0 aliphatic carbocycles. The molecule has 2 aromatic rings. The molecule has 0 saturated heterocycles. The van der Waals surface area contributed by atoms with Crippen molar-refractivity contribution in [3.05, 3.63) is 34.2 Å². The van der Waals surface area contributed by atoms with Crippen LogP contribution in [0.15, 0.2) is 27.4 Å². The van der Waals surface area contributed by atoms with Crippen molar-refractivity contribution >= 4 is 11.0 Å². The van der Waals surface area contributed by atoms with Crippen LogP contribution in [0.25, 0.3) is 11.0 Å². The molecular weight excluding hydrogens is 212 g/mol. The van der Waals surface area contributed by atoms with E-state index in [4.69, 9.17) is 9.52 Å². The number of aliphatic hydroxyl groups is 1. The van der Waals surface area contributed by atoms with Gasteiger partial charge in [-0.3, -0.25) is 0 Å². The molecule has 5 nitrogen and oxygen atoms in total. The molecule has 0 atom stereocenters. The average molecular weight is 222 g/mol. The van der Waals surface area contributed by atoms with E-state index < -0.39 is 5.63 Å². The highest BCUT2D eigenvalue weighted by Crippen LogP contribution is 2.31. The van der Waals surface area contributed by atoms with Crippen LogP contribution in [0.1, 0.15) is 5.56 Å². The Hall–Kier alpha value is -2.01. The summed E-state index contributed by atoms with van der Waals surface area (Å²) in [5, 5.41) is 28.0. The molecule has 0 aliphatic heterocycles. The molecule has 5 heteroatoms. The van der Waals surface area contributed by atoms with Gasteiger partial charge in [0.1, 0.15) is 5.58 Å². The quantitative estimate of drug-likeness (QED) is 0.515. The third-order valence-corrected chi connectivity index (χ3v) is 2.31. The molecule has 3 N–H and O–H groups in total. The van der Waals surface area contributed by atoms with Gasteiger partial charge in [0.05, 0.1) is 0 Å². The Morgan fingerprint density at radius 3 is 2.50 bits per heavy atom. The Balaban J connectivity index is 2.79. The molecule has 2 rings (SSSR count). The van der Waals surface area contributed by atoms with E-state index >= 15 is 0 Å². The number of rotatable bonds is 2. The summed E-state index contributed by atoms with van der Waals surface area (Å²) in [6, 6.07) is 3.74. The first kappa shape index (κ1) is 10.5. The third-order valence-electron chi connectivity index (χ3n) is 2.31. The molecule has 0 aliphatic rings. The number of fused-ring (bicyclic) bond motifs is 1. The Kier molecular flexibility index (Phi) is 2.54. The van der Waals surface area contributed by atoms with Gasteiger partial charge in [0.25, 0.3) is 0 Å². The van der Waals surface area contributed by atoms with Crippen LogP contribution in [0, 0.1) is 0 Å². The van der Waals surface area contributed by atoms with E-state index in [0.717, 1.165) is 0 Å². The summed E-state index contributed by atoms with van der Waals surface area (Å²) in [7, 11) is 0. The zero-order valence-electron chi connectivity index (χ0n) is 8.30. The Labute approximate surface area is 90.2 Å². The standard InChI is InChI=1S/C11H10O5/c12-2-1-6-3-11(15)16-10-5-9(14)8(13)4-7(6)10/h3-5,12-14H,1-2H2. The summed E-state index contributed by atoms with van der Waals surface area (Å²) in [6.07, 6.45) is 0.284. The zero-order chi connectivity index (χ0) is 11.7. The average Bonchev–Trinajstić information content (AvgIpc) is 2.21. The highest BCUT2D eigenvalue weighted by atomic mass is 16.4. The first-order chi connectivity index (χ1) is 7.61. The van der Waals surface area contributed by atoms with E-state index in [1.165, 1.54) is 18.2 Å². The lowest BCUT2D eigenvalue weighted by molar-refractivity contribution is 0.300. The van der Waals surface area contributed by atoms with Gasteiger partial charge < -0.3 is 19.7 Å². The van der Waals surface area contributed by atoms with Crippen molar-refractivity contribution in [2.24, 2.45) is 0 Å². The van der Waals surface area contributed by atoms with Crippen LogP contribution in [0.4, 0.5) is 0 Å². The molecule has 0 radical (unpaired) electrons. The molecule has 0 bridgehead atoms. The minimum atomic E-state index is -0.555. The van der Waals surface area contributed by atoms with Gasteiger partial charge in [0.2, 0.25) is 0 Å². The second-order valence-corrected chi connectivity index (χ2v) is 3.40. The van der Waals surface area contributed by atoms with Crippen molar-refractivity contribution in [3.8, 4) is 11.5 Å². The molecule has 1 heterocycles. The van der Waals surface area contributed by atoms with E-state index in [1.54, 1.807) is 0 Å². The Morgan fingerprint density at radius 2 is 1.81 bits per heavy atom. The number of hydrogen-bond acceptors (Lipinski definition) is 5. The molecule has 0 unspecified atom stereocenters. The fourth-order valence-corrected chi connectivity index (χ4v) is 1.58. The summed E-state index contributed by atoms with van der Waals surface area (Å²) in [5.74, 6) is -0.641. The highest BCUT2D eigenvalue weighted by molar-refractivity contribution is 5.83. The van der Waals surface area contributed by atoms with E-state index in [0.29, 0.717) is 10.9 Å². The van der Waals surface area contributed by atoms with E-state index in [9.17, 15) is 15.0 Å². The van der Waals surface area contributed by atoms with Crippen molar-refractivity contribution in [1.82, 2.24) is 0 Å². The van der Waals surface area contributed by atoms with Gasteiger partial charge in [-0.2, -0.15) is 0 Å². The van der Waals surface area contributed by atoms with Crippen molar-refractivity contribution < 1.29 is 19.7 Å². The van der Waals surface area contributed by atoms with Crippen LogP contribution in [0.2, 0.25) is 0 Å². The Bertz CT molecular complexity index is 585. The van der Waals surface area contributed by atoms with Crippen molar-refractivity contribution in [1.29, 1.82) is 0 Å². The van der Waals surface area contributed by atoms with Gasteiger partial charge in [-0.25, -0.2) is 4.79 Å². The highest BCUT2D eigenvalue weighted by Gasteiger charge is 2.09. The summed E-state index contributed by atoms with van der Waals surface area (Å²) in [6.45, 7) is -0.111. The molecule has 1 aromatic carbocycles. The summed E-state index contributed by atoms with van der Waals surface area (Å²) >= 11 is 0. The molecule has 84 valence electrons. The predicted octanol–water partition coefficient (Wildman–Crippen LogP) is 0.739. The molecule has 0 spiro atoms. The molecule has 0 amide bonds. The van der Waals surface area contributed by atoms with Gasteiger partial charge >= 0.3 is 5.63 Å². The molecule has 0 fully saturated rings. The number of hydrogen-bond donors (Lipinski definition) is 3. The maximum atomic E-state index is 11.2. The summed E-state index contributed by atoms with van der Waals surface area (Å²) in [5.41, 5.74) is 0.205. The van der Waals surface area contributed by atoms with Crippen LogP contribution in [-0.2, 0) is 6.42 Å². The SMILES string of the molecule is O=c1cc(CCO)c2cc(O)c(O)cc2o1. The molecular formula is C11H10O5. The first-order valence-electron chi connectivity index (χ1n) is 4.71. The van der Waals surface area contributed by atoms with Gasteiger partial charge in [-0.05, 0) is 18.1 Å². The smallest absolute Gasteiger partial charge is 0.336 e.